The van der Waals surface area contributed by atoms with Crippen molar-refractivity contribution in [3.05, 3.63) is 18.0 Å². The predicted octanol–water partition coefficient (Wildman–Crippen LogP) is 0.442. The Morgan fingerprint density at radius 3 is 2.89 bits per heavy atom. The Morgan fingerprint density at radius 1 is 1.42 bits per heavy atom. The van der Waals surface area contributed by atoms with Gasteiger partial charge in [-0.25, -0.2) is 0 Å². The van der Waals surface area contributed by atoms with Crippen LogP contribution in [0.25, 0.3) is 0 Å². The first-order valence-electron chi connectivity index (χ1n) is 7.16. The average molecular weight is 266 g/mol. The lowest BCUT2D eigenvalue weighted by Gasteiger charge is -2.38. The van der Waals surface area contributed by atoms with Crippen molar-refractivity contribution in [3.63, 3.8) is 0 Å². The summed E-state index contributed by atoms with van der Waals surface area (Å²) >= 11 is 0. The van der Waals surface area contributed by atoms with E-state index >= 15 is 0 Å². The fraction of sp³-hybridized carbons (Fsp3) is 0.786. The van der Waals surface area contributed by atoms with E-state index in [1.807, 2.05) is 17.1 Å². The van der Waals surface area contributed by atoms with E-state index in [0.29, 0.717) is 12.5 Å². The number of rotatable bonds is 5. The summed E-state index contributed by atoms with van der Waals surface area (Å²) in [7, 11) is 4.30. The van der Waals surface area contributed by atoms with Crippen LogP contribution in [0.3, 0.4) is 0 Å². The molecule has 1 N–H and O–H groups in total. The minimum Gasteiger partial charge on any atom is -0.393 e. The van der Waals surface area contributed by atoms with Gasteiger partial charge in [0.25, 0.3) is 0 Å². The number of aromatic nitrogens is 2. The molecule has 1 aromatic rings. The van der Waals surface area contributed by atoms with Crippen LogP contribution in [0.15, 0.2) is 12.4 Å². The van der Waals surface area contributed by atoms with Crippen LogP contribution >= 0.6 is 0 Å². The van der Waals surface area contributed by atoms with E-state index in [1.165, 1.54) is 0 Å². The van der Waals surface area contributed by atoms with Crippen LogP contribution in [0.4, 0.5) is 0 Å². The van der Waals surface area contributed by atoms with E-state index in [-0.39, 0.29) is 6.10 Å². The molecule has 0 aromatic carbocycles. The maximum Gasteiger partial charge on any atom is 0.0597 e. The number of hydrogen-bond acceptors (Lipinski definition) is 4. The third-order valence-corrected chi connectivity index (χ3v) is 4.01. The van der Waals surface area contributed by atoms with Crippen molar-refractivity contribution >= 4 is 0 Å². The quantitative estimate of drug-likeness (QED) is 0.840. The second kappa shape index (κ2) is 6.50. The van der Waals surface area contributed by atoms with Crippen molar-refractivity contribution in [2.75, 3.05) is 33.7 Å². The summed E-state index contributed by atoms with van der Waals surface area (Å²) in [5, 5.41) is 14.5. The topological polar surface area (TPSA) is 44.5 Å². The Hall–Kier alpha value is -0.910. The zero-order valence-electron chi connectivity index (χ0n) is 12.3. The van der Waals surface area contributed by atoms with Gasteiger partial charge in [0.2, 0.25) is 0 Å². The first kappa shape index (κ1) is 14.5. The lowest BCUT2D eigenvalue weighted by molar-refractivity contribution is 0.0639. The Balaban J connectivity index is 1.84. The van der Waals surface area contributed by atoms with Gasteiger partial charge >= 0.3 is 0 Å². The van der Waals surface area contributed by atoms with Crippen LogP contribution in [-0.2, 0) is 13.0 Å². The summed E-state index contributed by atoms with van der Waals surface area (Å²) in [5.74, 6) is 0. The second-order valence-corrected chi connectivity index (χ2v) is 5.69. The molecule has 2 rings (SSSR count). The highest BCUT2D eigenvalue weighted by atomic mass is 16.3. The molecule has 1 fully saturated rings. The van der Waals surface area contributed by atoms with Gasteiger partial charge in [0.1, 0.15) is 0 Å². The Morgan fingerprint density at radius 2 is 2.21 bits per heavy atom. The molecule has 0 amide bonds. The molecular formula is C14H26N4O. The summed E-state index contributed by atoms with van der Waals surface area (Å²) in [6.07, 6.45) is 5.14. The number of aryl methyl sites for hydroxylation is 1. The zero-order chi connectivity index (χ0) is 13.8. The first-order chi connectivity index (χ1) is 9.08. The number of hydrogen-bond donors (Lipinski definition) is 1. The lowest BCUT2D eigenvalue weighted by atomic mass is 10.0. The average Bonchev–Trinajstić information content (AvgIpc) is 2.81. The van der Waals surface area contributed by atoms with Gasteiger partial charge in [-0.05, 0) is 33.0 Å². The fourth-order valence-corrected chi connectivity index (χ4v) is 2.71. The molecule has 1 aliphatic rings. The van der Waals surface area contributed by atoms with Crippen molar-refractivity contribution in [1.82, 2.24) is 19.6 Å². The molecule has 0 aliphatic carbocycles. The van der Waals surface area contributed by atoms with Crippen molar-refractivity contribution in [3.8, 4) is 0 Å². The highest BCUT2D eigenvalue weighted by molar-refractivity contribution is 5.05. The van der Waals surface area contributed by atoms with E-state index in [1.54, 1.807) is 0 Å². The van der Waals surface area contributed by atoms with E-state index in [0.717, 1.165) is 38.2 Å². The number of nitrogens with zero attached hydrogens (tertiary/aromatic N) is 4. The van der Waals surface area contributed by atoms with Gasteiger partial charge < -0.3 is 14.9 Å². The van der Waals surface area contributed by atoms with Crippen LogP contribution < -0.4 is 0 Å². The Kier molecular flexibility index (Phi) is 4.96. The van der Waals surface area contributed by atoms with Crippen LogP contribution in [0.1, 0.15) is 18.9 Å². The highest BCUT2D eigenvalue weighted by Crippen LogP contribution is 2.14. The molecule has 108 valence electrons. The number of aliphatic hydroxyl groups excluding tert-OH is 1. The molecular weight excluding hydrogens is 240 g/mol. The number of likely N-dealkylation sites (N-methyl/N-ethyl adjacent to an activating group) is 2. The maximum absolute atomic E-state index is 10.3. The third-order valence-electron chi connectivity index (χ3n) is 4.01. The fourth-order valence-electron chi connectivity index (χ4n) is 2.71. The van der Waals surface area contributed by atoms with Gasteiger partial charge in [-0.2, -0.15) is 5.10 Å². The van der Waals surface area contributed by atoms with Crippen molar-refractivity contribution in [1.29, 1.82) is 0 Å². The van der Waals surface area contributed by atoms with Gasteiger partial charge in [0.15, 0.2) is 0 Å². The minimum absolute atomic E-state index is 0.284. The molecule has 2 atom stereocenters. The molecule has 0 radical (unpaired) electrons. The summed E-state index contributed by atoms with van der Waals surface area (Å²) < 4.78 is 1.91. The predicted molar refractivity (Wildman–Crippen MR) is 76.1 cm³/mol. The Bertz CT molecular complexity index is 393. The third kappa shape index (κ3) is 4.03. The van der Waals surface area contributed by atoms with Crippen LogP contribution in [0.2, 0.25) is 0 Å². The molecule has 1 saturated heterocycles. The van der Waals surface area contributed by atoms with Crippen LogP contribution in [-0.4, -0.2) is 70.6 Å². The van der Waals surface area contributed by atoms with Crippen molar-refractivity contribution < 1.29 is 5.11 Å². The largest absolute Gasteiger partial charge is 0.393 e. The van der Waals surface area contributed by atoms with E-state index in [2.05, 4.69) is 35.9 Å². The molecule has 0 bridgehead atoms. The molecule has 5 heteroatoms. The van der Waals surface area contributed by atoms with Gasteiger partial charge in [-0.1, -0.05) is 0 Å². The molecule has 19 heavy (non-hydrogen) atoms. The van der Waals surface area contributed by atoms with Crippen LogP contribution in [0.5, 0.6) is 0 Å². The molecule has 0 saturated carbocycles. The number of aliphatic hydroxyl groups is 1. The van der Waals surface area contributed by atoms with Gasteiger partial charge in [0.05, 0.1) is 12.3 Å². The molecule has 2 heterocycles. The standard InChI is InChI=1S/C14H26N4O/c1-4-18-10-12(9-15-18)7-14(19)8-13-11-16(2)5-6-17(13)3/h9-10,13-14,19H,4-8,11H2,1-3H3. The molecule has 5 nitrogen and oxygen atoms in total. The van der Waals surface area contributed by atoms with Crippen LogP contribution in [0, 0.1) is 0 Å². The lowest BCUT2D eigenvalue weighted by Crippen LogP contribution is -2.51. The van der Waals surface area contributed by atoms with Gasteiger partial charge in [-0.3, -0.25) is 4.68 Å². The van der Waals surface area contributed by atoms with Gasteiger partial charge in [0, 0.05) is 44.8 Å². The molecule has 1 aliphatic heterocycles. The Labute approximate surface area is 115 Å². The summed E-state index contributed by atoms with van der Waals surface area (Å²) in [6.45, 7) is 6.20. The maximum atomic E-state index is 10.3. The first-order valence-corrected chi connectivity index (χ1v) is 7.16. The summed E-state index contributed by atoms with van der Waals surface area (Å²) in [5.41, 5.74) is 1.13. The van der Waals surface area contributed by atoms with Crippen molar-refractivity contribution in [2.45, 2.75) is 38.5 Å². The SMILES string of the molecule is CCn1cc(CC(O)CC2CN(C)CCN2C)cn1. The van der Waals surface area contributed by atoms with Crippen molar-refractivity contribution in [2.24, 2.45) is 0 Å². The zero-order valence-corrected chi connectivity index (χ0v) is 12.3. The molecule has 2 unspecified atom stereocenters. The normalized spacial score (nSPS) is 23.7. The monoisotopic (exact) mass is 266 g/mol. The summed E-state index contributed by atoms with van der Waals surface area (Å²) in [6, 6.07) is 0.454. The van der Waals surface area contributed by atoms with E-state index in [9.17, 15) is 5.11 Å². The van der Waals surface area contributed by atoms with Gasteiger partial charge in [-0.15, -0.1) is 0 Å². The van der Waals surface area contributed by atoms with E-state index < -0.39 is 0 Å². The smallest absolute Gasteiger partial charge is 0.0597 e. The molecule has 1 aromatic heterocycles. The van der Waals surface area contributed by atoms with E-state index in [4.69, 9.17) is 0 Å². The summed E-state index contributed by atoms with van der Waals surface area (Å²) in [4.78, 5) is 4.70. The highest BCUT2D eigenvalue weighted by Gasteiger charge is 2.24. The second-order valence-electron chi connectivity index (χ2n) is 5.69. The number of piperazine rings is 1. The molecule has 0 spiro atoms. The minimum atomic E-state index is -0.284.